The van der Waals surface area contributed by atoms with Crippen LogP contribution in [0.25, 0.3) is 11.0 Å². The lowest BCUT2D eigenvalue weighted by atomic mass is 9.87. The molecule has 1 aromatic heterocycles. The molecule has 1 aliphatic carbocycles. The average Bonchev–Trinajstić information content (AvgIpc) is 2.98. The minimum absolute atomic E-state index is 0.00982. The Morgan fingerprint density at radius 2 is 1.61 bits per heavy atom. The van der Waals surface area contributed by atoms with Crippen LogP contribution in [0.1, 0.15) is 38.5 Å². The molecule has 2 aromatic carbocycles. The predicted octanol–water partition coefficient (Wildman–Crippen LogP) is 3.62. The van der Waals surface area contributed by atoms with Gasteiger partial charge in [-0.2, -0.15) is 0 Å². The van der Waals surface area contributed by atoms with Crippen LogP contribution in [-0.2, 0) is 28.7 Å². The highest BCUT2D eigenvalue weighted by molar-refractivity contribution is 7.91. The molecule has 0 atom stereocenters. The molecule has 0 spiro atoms. The molecule has 0 unspecified atom stereocenters. The molecule has 1 N–H and O–H groups in total. The van der Waals surface area contributed by atoms with Crippen LogP contribution in [0.4, 0.5) is 5.69 Å². The lowest BCUT2D eigenvalue weighted by molar-refractivity contribution is -0.117. The van der Waals surface area contributed by atoms with E-state index in [1.54, 1.807) is 38.4 Å². The van der Waals surface area contributed by atoms with Gasteiger partial charge in [0.05, 0.1) is 26.5 Å². The van der Waals surface area contributed by atoms with Crippen molar-refractivity contribution < 1.29 is 13.2 Å². The maximum absolute atomic E-state index is 13.4. The Kier molecular flexibility index (Phi) is 5.75. The third kappa shape index (κ3) is 4.04. The Morgan fingerprint density at radius 3 is 2.26 bits per heavy atom. The maximum atomic E-state index is 13.4. The topological polar surface area (TPSA) is 90.2 Å². The molecule has 0 bridgehead atoms. The van der Waals surface area contributed by atoms with Crippen molar-refractivity contribution in [2.45, 2.75) is 48.3 Å². The number of sulfone groups is 1. The Balaban J connectivity index is 1.80. The highest BCUT2D eigenvalue weighted by Gasteiger charge is 2.26. The highest BCUT2D eigenvalue weighted by Crippen LogP contribution is 2.33. The Morgan fingerprint density at radius 1 is 1.00 bits per heavy atom. The minimum Gasteiger partial charge on any atom is -0.325 e. The molecule has 8 heteroatoms. The number of rotatable bonds is 5. The molecular formula is C23H27N3O4S. The van der Waals surface area contributed by atoms with Crippen molar-refractivity contribution in [1.82, 2.24) is 9.13 Å². The summed E-state index contributed by atoms with van der Waals surface area (Å²) in [5.74, 6) is 0.129. The summed E-state index contributed by atoms with van der Waals surface area (Å²) in [5, 5.41) is 2.84. The van der Waals surface area contributed by atoms with Gasteiger partial charge in [-0.25, -0.2) is 13.2 Å². The normalized spacial score (nSPS) is 15.3. The van der Waals surface area contributed by atoms with Crippen molar-refractivity contribution in [1.29, 1.82) is 0 Å². The fourth-order valence-electron chi connectivity index (χ4n) is 4.43. The molecule has 0 radical (unpaired) electrons. The first-order chi connectivity index (χ1) is 14.8. The summed E-state index contributed by atoms with van der Waals surface area (Å²) in [6.45, 7) is 0. The molecule has 164 valence electrons. The van der Waals surface area contributed by atoms with Crippen molar-refractivity contribution in [3.8, 4) is 0 Å². The standard InChI is InChI=1S/C23H27N3O4S/c1-25-19-14-18(24-22(27)13-16-9-5-3-6-10-16)21(15-20(19)26(2)23(25)28)31(29,30)17-11-7-4-8-12-17/h4,7-8,11-12,14-16H,3,5-6,9-10,13H2,1-2H3,(H,24,27). The maximum Gasteiger partial charge on any atom is 0.328 e. The van der Waals surface area contributed by atoms with Crippen molar-refractivity contribution in [2.24, 2.45) is 20.0 Å². The Labute approximate surface area is 181 Å². The summed E-state index contributed by atoms with van der Waals surface area (Å²) in [5.41, 5.74) is 1.00. The largest absolute Gasteiger partial charge is 0.328 e. The van der Waals surface area contributed by atoms with Crippen LogP contribution in [-0.4, -0.2) is 23.5 Å². The van der Waals surface area contributed by atoms with E-state index in [0.717, 1.165) is 25.7 Å². The number of hydrogen-bond donors (Lipinski definition) is 1. The summed E-state index contributed by atoms with van der Waals surface area (Å²) in [6, 6.07) is 11.2. The van der Waals surface area contributed by atoms with E-state index >= 15 is 0 Å². The van der Waals surface area contributed by atoms with Gasteiger partial charge in [0.2, 0.25) is 15.7 Å². The number of carbonyl (C=O) groups excluding carboxylic acids is 1. The number of nitrogens with one attached hydrogen (secondary N) is 1. The zero-order chi connectivity index (χ0) is 22.2. The fourth-order valence-corrected chi connectivity index (χ4v) is 5.86. The first kappa shape index (κ1) is 21.4. The smallest absolute Gasteiger partial charge is 0.325 e. The van der Waals surface area contributed by atoms with Crippen molar-refractivity contribution in [3.05, 3.63) is 52.9 Å². The number of aryl methyl sites for hydroxylation is 2. The number of aromatic nitrogens is 2. The zero-order valence-electron chi connectivity index (χ0n) is 17.8. The van der Waals surface area contributed by atoms with E-state index in [4.69, 9.17) is 0 Å². The van der Waals surface area contributed by atoms with E-state index in [2.05, 4.69) is 5.32 Å². The van der Waals surface area contributed by atoms with E-state index in [1.807, 2.05) is 0 Å². The number of hydrogen-bond acceptors (Lipinski definition) is 4. The number of anilines is 1. The van der Waals surface area contributed by atoms with Gasteiger partial charge in [0.25, 0.3) is 0 Å². The molecule has 3 aromatic rings. The molecule has 31 heavy (non-hydrogen) atoms. The Bertz CT molecular complexity index is 1280. The van der Waals surface area contributed by atoms with Gasteiger partial charge < -0.3 is 5.32 Å². The highest BCUT2D eigenvalue weighted by atomic mass is 32.2. The van der Waals surface area contributed by atoms with E-state index < -0.39 is 9.84 Å². The first-order valence-corrected chi connectivity index (χ1v) is 12.1. The fraction of sp³-hybridized carbons (Fsp3) is 0.391. The van der Waals surface area contributed by atoms with Crippen molar-refractivity contribution >= 4 is 32.5 Å². The lowest BCUT2D eigenvalue weighted by Crippen LogP contribution is -2.20. The van der Waals surface area contributed by atoms with Gasteiger partial charge in [-0.1, -0.05) is 37.5 Å². The average molecular weight is 442 g/mol. The number of carbonyl (C=O) groups is 1. The lowest BCUT2D eigenvalue weighted by Gasteiger charge is -2.21. The van der Waals surface area contributed by atoms with Gasteiger partial charge in [0.1, 0.15) is 0 Å². The van der Waals surface area contributed by atoms with Gasteiger partial charge in [-0.3, -0.25) is 13.9 Å². The van der Waals surface area contributed by atoms with Gasteiger partial charge in [-0.05, 0) is 43.0 Å². The quantitative estimate of drug-likeness (QED) is 0.655. The Hall–Kier alpha value is -2.87. The van der Waals surface area contributed by atoms with Crippen LogP contribution >= 0.6 is 0 Å². The molecule has 4 rings (SSSR count). The SMILES string of the molecule is Cn1c(=O)n(C)c2cc(S(=O)(=O)c3ccccc3)c(NC(=O)CC3CCCCC3)cc21. The molecule has 0 saturated heterocycles. The van der Waals surface area contributed by atoms with E-state index in [-0.39, 0.29) is 27.1 Å². The monoisotopic (exact) mass is 441 g/mol. The first-order valence-electron chi connectivity index (χ1n) is 10.6. The van der Waals surface area contributed by atoms with Crippen LogP contribution in [0.5, 0.6) is 0 Å². The molecule has 1 fully saturated rings. The summed E-state index contributed by atoms with van der Waals surface area (Å²) in [7, 11) is -0.669. The molecule has 1 amide bonds. The van der Waals surface area contributed by atoms with Gasteiger partial charge in [-0.15, -0.1) is 0 Å². The second-order valence-electron chi connectivity index (χ2n) is 8.31. The number of benzene rings is 2. The second-order valence-corrected chi connectivity index (χ2v) is 10.2. The van der Waals surface area contributed by atoms with Crippen LogP contribution < -0.4 is 11.0 Å². The molecule has 1 saturated carbocycles. The number of nitrogens with zero attached hydrogens (tertiary/aromatic N) is 2. The summed E-state index contributed by atoms with van der Waals surface area (Å²) in [4.78, 5) is 25.3. The summed E-state index contributed by atoms with van der Waals surface area (Å²) in [6.07, 6.45) is 5.88. The van der Waals surface area contributed by atoms with Crippen molar-refractivity contribution in [2.75, 3.05) is 5.32 Å². The van der Waals surface area contributed by atoms with Gasteiger partial charge >= 0.3 is 5.69 Å². The van der Waals surface area contributed by atoms with Gasteiger partial charge in [0.15, 0.2) is 0 Å². The predicted molar refractivity (Wildman–Crippen MR) is 120 cm³/mol. The van der Waals surface area contributed by atoms with Crippen LogP contribution in [0.2, 0.25) is 0 Å². The number of fused-ring (bicyclic) bond motifs is 1. The molecule has 0 aliphatic heterocycles. The van der Waals surface area contributed by atoms with Crippen LogP contribution in [0, 0.1) is 5.92 Å². The third-order valence-corrected chi connectivity index (χ3v) is 8.00. The van der Waals surface area contributed by atoms with Gasteiger partial charge in [0, 0.05) is 20.5 Å². The van der Waals surface area contributed by atoms with E-state index in [9.17, 15) is 18.0 Å². The zero-order valence-corrected chi connectivity index (χ0v) is 18.6. The number of amides is 1. The number of imidazole rings is 1. The van der Waals surface area contributed by atoms with Crippen LogP contribution in [0.3, 0.4) is 0 Å². The van der Waals surface area contributed by atoms with E-state index in [0.29, 0.717) is 23.4 Å². The molecule has 7 nitrogen and oxygen atoms in total. The van der Waals surface area contributed by atoms with Crippen LogP contribution in [0.15, 0.2) is 57.1 Å². The van der Waals surface area contributed by atoms with Crippen molar-refractivity contribution in [3.63, 3.8) is 0 Å². The molecule has 1 aliphatic rings. The molecular weight excluding hydrogens is 414 g/mol. The second kappa shape index (κ2) is 8.34. The summed E-state index contributed by atoms with van der Waals surface area (Å²) >= 11 is 0. The summed E-state index contributed by atoms with van der Waals surface area (Å²) < 4.78 is 29.7. The van der Waals surface area contributed by atoms with E-state index in [1.165, 1.54) is 33.8 Å². The third-order valence-electron chi connectivity index (χ3n) is 6.19. The molecule has 1 heterocycles. The minimum atomic E-state index is -3.90.